The van der Waals surface area contributed by atoms with Gasteiger partial charge in [-0.2, -0.15) is 0 Å². The summed E-state index contributed by atoms with van der Waals surface area (Å²) in [4.78, 5) is 12.1. The van der Waals surface area contributed by atoms with Gasteiger partial charge in [0.15, 0.2) is 0 Å². The van der Waals surface area contributed by atoms with Crippen molar-refractivity contribution in [1.29, 1.82) is 0 Å². The molecule has 3 aromatic rings. The number of carbonyl (C=O) groups excluding carboxylic acids is 1. The smallest absolute Gasteiger partial charge is 0.429 e. The first-order chi connectivity index (χ1) is 11.8. The Balaban J connectivity index is 1.55. The van der Waals surface area contributed by atoms with Crippen LogP contribution in [-0.4, -0.2) is 23.8 Å². The van der Waals surface area contributed by atoms with Crippen molar-refractivity contribution >= 4 is 22.6 Å². The molecular weight excluding hydrogens is 300 g/mol. The second kappa shape index (κ2) is 6.24. The molecule has 1 amide bonds. The Morgan fingerprint density at radius 2 is 1.71 bits per heavy atom. The van der Waals surface area contributed by atoms with E-state index in [-0.39, 0.29) is 12.1 Å². The predicted molar refractivity (Wildman–Crippen MR) is 94.7 cm³/mol. The maximum absolute atomic E-state index is 12.1. The number of hydrogen-bond donors (Lipinski definition) is 1. The number of nitrogens with zero attached hydrogens (tertiary/aromatic N) is 1. The van der Waals surface area contributed by atoms with E-state index < -0.39 is 0 Å². The highest BCUT2D eigenvalue weighted by molar-refractivity contribution is 5.86. The Kier molecular flexibility index (Phi) is 3.79. The van der Waals surface area contributed by atoms with E-state index in [1.807, 2.05) is 48.5 Å². The van der Waals surface area contributed by atoms with Crippen LogP contribution in [0.1, 0.15) is 5.56 Å². The summed E-state index contributed by atoms with van der Waals surface area (Å²) in [6.07, 6.45) is 0.428. The molecule has 1 atom stereocenters. The summed E-state index contributed by atoms with van der Waals surface area (Å²) < 4.78 is 5.23. The first-order valence-electron chi connectivity index (χ1n) is 8.05. The quantitative estimate of drug-likeness (QED) is 0.782. The van der Waals surface area contributed by atoms with E-state index in [4.69, 9.17) is 4.74 Å². The molecule has 0 radical (unpaired) electrons. The third-order valence-electron chi connectivity index (χ3n) is 4.27. The molecule has 1 N–H and O–H groups in total. The molecule has 1 aliphatic rings. The number of ether oxygens (including phenoxy) is 1. The number of hydrogen-bond acceptors (Lipinski definition) is 3. The van der Waals surface area contributed by atoms with Gasteiger partial charge in [0, 0.05) is 0 Å². The summed E-state index contributed by atoms with van der Waals surface area (Å²) in [7, 11) is 0. The fourth-order valence-corrected chi connectivity index (χ4v) is 3.03. The van der Waals surface area contributed by atoms with Crippen molar-refractivity contribution in [1.82, 2.24) is 5.01 Å². The Labute approximate surface area is 140 Å². The van der Waals surface area contributed by atoms with Gasteiger partial charge in [-0.15, -0.1) is 0 Å². The Bertz CT molecular complexity index is 864. The third kappa shape index (κ3) is 2.91. The first kappa shape index (κ1) is 14.6. The molecule has 3 aromatic carbocycles. The Morgan fingerprint density at radius 3 is 2.54 bits per heavy atom. The summed E-state index contributed by atoms with van der Waals surface area (Å²) in [6, 6.07) is 24.3. The molecule has 24 heavy (non-hydrogen) atoms. The van der Waals surface area contributed by atoms with E-state index in [1.54, 1.807) is 5.01 Å². The van der Waals surface area contributed by atoms with Crippen molar-refractivity contribution in [2.45, 2.75) is 12.5 Å². The van der Waals surface area contributed by atoms with Crippen LogP contribution >= 0.6 is 0 Å². The lowest BCUT2D eigenvalue weighted by molar-refractivity contribution is 0.163. The fourth-order valence-electron chi connectivity index (χ4n) is 3.03. The lowest BCUT2D eigenvalue weighted by Gasteiger charge is -2.23. The van der Waals surface area contributed by atoms with Crippen molar-refractivity contribution in [3.05, 3.63) is 78.4 Å². The minimum absolute atomic E-state index is 0.0219. The normalized spacial score (nSPS) is 17.1. The fraction of sp³-hybridized carbons (Fsp3) is 0.150. The van der Waals surface area contributed by atoms with E-state index in [1.165, 1.54) is 10.9 Å². The minimum Gasteiger partial charge on any atom is -0.446 e. The van der Waals surface area contributed by atoms with Crippen LogP contribution in [0.25, 0.3) is 10.8 Å². The monoisotopic (exact) mass is 318 g/mol. The highest BCUT2D eigenvalue weighted by atomic mass is 16.6. The van der Waals surface area contributed by atoms with Crippen molar-refractivity contribution < 1.29 is 9.53 Å². The van der Waals surface area contributed by atoms with Gasteiger partial charge in [-0.25, -0.2) is 9.80 Å². The minimum atomic E-state index is -0.330. The molecule has 1 heterocycles. The van der Waals surface area contributed by atoms with Crippen LogP contribution in [0.15, 0.2) is 72.8 Å². The third-order valence-corrected chi connectivity index (χ3v) is 4.27. The van der Waals surface area contributed by atoms with Gasteiger partial charge >= 0.3 is 6.09 Å². The van der Waals surface area contributed by atoms with Gasteiger partial charge in [-0.3, -0.25) is 5.43 Å². The number of amides is 1. The number of anilines is 1. The van der Waals surface area contributed by atoms with Crippen molar-refractivity contribution in [2.75, 3.05) is 12.0 Å². The Morgan fingerprint density at radius 1 is 0.958 bits per heavy atom. The molecule has 0 saturated carbocycles. The molecule has 0 spiro atoms. The maximum atomic E-state index is 12.1. The van der Waals surface area contributed by atoms with Crippen LogP contribution < -0.4 is 5.43 Å². The van der Waals surface area contributed by atoms with Gasteiger partial charge in [0.05, 0.1) is 11.7 Å². The highest BCUT2D eigenvalue weighted by Crippen LogP contribution is 2.22. The van der Waals surface area contributed by atoms with Crippen LogP contribution in [0.3, 0.4) is 0 Å². The maximum Gasteiger partial charge on any atom is 0.429 e. The van der Waals surface area contributed by atoms with Crippen molar-refractivity contribution in [3.8, 4) is 0 Å². The molecule has 1 saturated heterocycles. The van der Waals surface area contributed by atoms with Crippen LogP contribution in [0.2, 0.25) is 0 Å². The summed E-state index contributed by atoms with van der Waals surface area (Å²) in [5.41, 5.74) is 5.28. The van der Waals surface area contributed by atoms with Gasteiger partial charge in [0.25, 0.3) is 0 Å². The van der Waals surface area contributed by atoms with Gasteiger partial charge < -0.3 is 4.74 Å². The average Bonchev–Trinajstić information content (AvgIpc) is 2.96. The van der Waals surface area contributed by atoms with Crippen molar-refractivity contribution in [3.63, 3.8) is 0 Å². The summed E-state index contributed by atoms with van der Waals surface area (Å²) in [5.74, 6) is 0. The first-order valence-corrected chi connectivity index (χ1v) is 8.05. The largest absolute Gasteiger partial charge is 0.446 e. The number of carbonyl (C=O) groups is 1. The molecule has 120 valence electrons. The molecule has 1 fully saturated rings. The van der Waals surface area contributed by atoms with E-state index >= 15 is 0 Å². The molecule has 0 aromatic heterocycles. The molecule has 1 aliphatic heterocycles. The molecule has 4 nitrogen and oxygen atoms in total. The number of cyclic esters (lactones) is 1. The van der Waals surface area contributed by atoms with Gasteiger partial charge in [0.1, 0.15) is 6.61 Å². The van der Waals surface area contributed by atoms with E-state index in [0.717, 1.165) is 17.5 Å². The average molecular weight is 318 g/mol. The zero-order valence-corrected chi connectivity index (χ0v) is 13.2. The molecule has 4 rings (SSSR count). The summed E-state index contributed by atoms with van der Waals surface area (Å²) in [6.45, 7) is 0.397. The predicted octanol–water partition coefficient (Wildman–Crippen LogP) is 4.23. The molecule has 0 unspecified atom stereocenters. The zero-order valence-electron chi connectivity index (χ0n) is 13.2. The van der Waals surface area contributed by atoms with Crippen molar-refractivity contribution in [2.24, 2.45) is 0 Å². The zero-order chi connectivity index (χ0) is 16.4. The molecule has 0 aliphatic carbocycles. The lowest BCUT2D eigenvalue weighted by Crippen LogP contribution is -2.39. The molecule has 0 bridgehead atoms. The van der Waals surface area contributed by atoms with Crippen LogP contribution in [-0.2, 0) is 11.2 Å². The topological polar surface area (TPSA) is 41.6 Å². The van der Waals surface area contributed by atoms with E-state index in [0.29, 0.717) is 6.61 Å². The summed E-state index contributed by atoms with van der Waals surface area (Å²) in [5, 5.41) is 3.90. The molecular formula is C20H18N2O2. The number of benzene rings is 3. The van der Waals surface area contributed by atoms with E-state index in [9.17, 15) is 4.79 Å². The van der Waals surface area contributed by atoms with Crippen LogP contribution in [0.4, 0.5) is 10.5 Å². The number of nitrogens with one attached hydrogen (secondary N) is 1. The molecule has 4 heteroatoms. The van der Waals surface area contributed by atoms with Gasteiger partial charge in [-0.05, 0) is 34.9 Å². The van der Waals surface area contributed by atoms with Gasteiger partial charge in [-0.1, -0.05) is 60.7 Å². The van der Waals surface area contributed by atoms with Crippen LogP contribution in [0.5, 0.6) is 0 Å². The second-order valence-corrected chi connectivity index (χ2v) is 5.96. The lowest BCUT2D eigenvalue weighted by atomic mass is 10.1. The van der Waals surface area contributed by atoms with Gasteiger partial charge in [0.2, 0.25) is 0 Å². The Hall–Kier alpha value is -3.01. The second-order valence-electron chi connectivity index (χ2n) is 5.96. The van der Waals surface area contributed by atoms with E-state index in [2.05, 4.69) is 29.7 Å². The number of fused-ring (bicyclic) bond motifs is 1. The number of rotatable bonds is 4. The standard InChI is InChI=1S/C20H18N2O2/c23-20-22(19(14-24-20)12-15-6-2-1-3-7-15)21-18-11-10-16-8-4-5-9-17(16)13-18/h1-11,13,19,21H,12,14H2/t19-/m0/s1. The highest BCUT2D eigenvalue weighted by Gasteiger charge is 2.33. The van der Waals surface area contributed by atoms with Crippen LogP contribution in [0, 0.1) is 0 Å². The summed E-state index contributed by atoms with van der Waals surface area (Å²) >= 11 is 0. The number of hydrazine groups is 1. The SMILES string of the molecule is O=C1OC[C@H](Cc2ccccc2)N1Nc1ccc2ccccc2c1.